The number of hydrogen-bond acceptors (Lipinski definition) is 4. The van der Waals surface area contributed by atoms with Crippen LogP contribution >= 0.6 is 0 Å². The van der Waals surface area contributed by atoms with Crippen molar-refractivity contribution in [1.82, 2.24) is 10.2 Å². The van der Waals surface area contributed by atoms with E-state index in [0.29, 0.717) is 6.10 Å². The van der Waals surface area contributed by atoms with Gasteiger partial charge in [0.1, 0.15) is 0 Å². The molecular weight excluding hydrogens is 192 g/mol. The van der Waals surface area contributed by atoms with Crippen LogP contribution in [0.3, 0.4) is 0 Å². The summed E-state index contributed by atoms with van der Waals surface area (Å²) < 4.78 is 5.62. The highest BCUT2D eigenvalue weighted by molar-refractivity contribution is 4.70. The fourth-order valence-electron chi connectivity index (χ4n) is 1.78. The first-order chi connectivity index (χ1) is 7.18. The minimum Gasteiger partial charge on any atom is -0.393 e. The molecule has 4 nitrogen and oxygen atoms in total. The van der Waals surface area contributed by atoms with Gasteiger partial charge >= 0.3 is 0 Å². The molecule has 0 amide bonds. The predicted octanol–water partition coefficient (Wildman–Crippen LogP) is 0.0676. The molecule has 1 saturated heterocycles. The Morgan fingerprint density at radius 2 is 2.40 bits per heavy atom. The van der Waals surface area contributed by atoms with Crippen molar-refractivity contribution in [2.75, 3.05) is 39.8 Å². The molecule has 0 aromatic carbocycles. The Labute approximate surface area is 92.6 Å². The molecule has 1 fully saturated rings. The number of hydrogen-bond donors (Lipinski definition) is 2. The van der Waals surface area contributed by atoms with Gasteiger partial charge in [-0.2, -0.15) is 0 Å². The van der Waals surface area contributed by atoms with E-state index in [4.69, 9.17) is 9.84 Å². The lowest BCUT2D eigenvalue weighted by Gasteiger charge is -2.30. The predicted molar refractivity (Wildman–Crippen MR) is 61.0 cm³/mol. The van der Waals surface area contributed by atoms with E-state index in [1.54, 1.807) is 0 Å². The summed E-state index contributed by atoms with van der Waals surface area (Å²) >= 11 is 0. The fourth-order valence-corrected chi connectivity index (χ4v) is 1.78. The maximum atomic E-state index is 9.08. The van der Waals surface area contributed by atoms with Gasteiger partial charge in [-0.25, -0.2) is 0 Å². The third kappa shape index (κ3) is 6.10. The molecule has 0 spiro atoms. The fraction of sp³-hybridized carbons (Fsp3) is 1.00. The molecule has 15 heavy (non-hydrogen) atoms. The number of nitrogens with zero attached hydrogens (tertiary/aromatic N) is 1. The Hall–Kier alpha value is -0.160. The topological polar surface area (TPSA) is 44.7 Å². The molecule has 2 N–H and O–H groups in total. The van der Waals surface area contributed by atoms with E-state index in [1.807, 2.05) is 6.92 Å². The van der Waals surface area contributed by atoms with E-state index >= 15 is 0 Å². The van der Waals surface area contributed by atoms with Crippen molar-refractivity contribution in [3.05, 3.63) is 0 Å². The summed E-state index contributed by atoms with van der Waals surface area (Å²) in [5.74, 6) is 0. The zero-order valence-electron chi connectivity index (χ0n) is 9.91. The molecule has 0 aliphatic carbocycles. The maximum absolute atomic E-state index is 9.08. The molecule has 4 heteroatoms. The minimum absolute atomic E-state index is 0.177. The highest BCUT2D eigenvalue weighted by Crippen LogP contribution is 2.01. The molecule has 0 aromatic heterocycles. The lowest BCUT2D eigenvalue weighted by molar-refractivity contribution is -0.0180. The quantitative estimate of drug-likeness (QED) is 0.617. The molecule has 2 atom stereocenters. The second kappa shape index (κ2) is 7.17. The molecule has 0 saturated carbocycles. The number of likely N-dealkylation sites (N-methyl/N-ethyl adjacent to an activating group) is 1. The minimum atomic E-state index is -0.177. The molecule has 1 heterocycles. The van der Waals surface area contributed by atoms with E-state index in [9.17, 15) is 0 Å². The molecule has 0 aromatic rings. The zero-order chi connectivity index (χ0) is 11.1. The van der Waals surface area contributed by atoms with E-state index in [-0.39, 0.29) is 6.10 Å². The van der Waals surface area contributed by atoms with Crippen molar-refractivity contribution >= 4 is 0 Å². The molecule has 1 aliphatic rings. The largest absolute Gasteiger partial charge is 0.393 e. The van der Waals surface area contributed by atoms with Crippen molar-refractivity contribution in [1.29, 1.82) is 0 Å². The standard InChI is InChI=1S/C11H24N2O2/c1-10(14)4-3-5-12-8-11-9-13(2)6-7-15-11/h10-12,14H,3-9H2,1-2H3. The number of ether oxygens (including phenoxy) is 1. The molecule has 1 rings (SSSR count). The Morgan fingerprint density at radius 1 is 1.60 bits per heavy atom. The van der Waals surface area contributed by atoms with Gasteiger partial charge in [-0.1, -0.05) is 0 Å². The number of aliphatic hydroxyl groups is 1. The SMILES string of the molecule is CC(O)CCCNCC1CN(C)CCO1. The van der Waals surface area contributed by atoms with Gasteiger partial charge in [0, 0.05) is 19.6 Å². The third-order valence-electron chi connectivity index (χ3n) is 2.69. The summed E-state index contributed by atoms with van der Waals surface area (Å²) in [5.41, 5.74) is 0. The van der Waals surface area contributed by atoms with Gasteiger partial charge in [0.2, 0.25) is 0 Å². The van der Waals surface area contributed by atoms with Gasteiger partial charge < -0.3 is 20.1 Å². The summed E-state index contributed by atoms with van der Waals surface area (Å²) in [7, 11) is 2.13. The van der Waals surface area contributed by atoms with Gasteiger partial charge in [0.15, 0.2) is 0 Å². The van der Waals surface area contributed by atoms with Crippen LogP contribution in [-0.4, -0.2) is 62.0 Å². The molecule has 90 valence electrons. The van der Waals surface area contributed by atoms with Crippen LogP contribution in [0.2, 0.25) is 0 Å². The number of morpholine rings is 1. The van der Waals surface area contributed by atoms with Crippen LogP contribution in [0.5, 0.6) is 0 Å². The second-order valence-corrected chi connectivity index (χ2v) is 4.45. The Kier molecular flexibility index (Phi) is 6.17. The van der Waals surface area contributed by atoms with Crippen LogP contribution in [0.4, 0.5) is 0 Å². The van der Waals surface area contributed by atoms with E-state index < -0.39 is 0 Å². The summed E-state index contributed by atoms with van der Waals surface area (Å²) in [5, 5.41) is 12.4. The maximum Gasteiger partial charge on any atom is 0.0826 e. The van der Waals surface area contributed by atoms with Crippen molar-refractivity contribution in [3.8, 4) is 0 Å². The molecule has 0 radical (unpaired) electrons. The first kappa shape index (κ1) is 12.9. The van der Waals surface area contributed by atoms with Crippen molar-refractivity contribution in [3.63, 3.8) is 0 Å². The number of rotatable bonds is 6. The van der Waals surface area contributed by atoms with Crippen LogP contribution in [0.1, 0.15) is 19.8 Å². The smallest absolute Gasteiger partial charge is 0.0826 e. The molecule has 2 unspecified atom stereocenters. The van der Waals surface area contributed by atoms with Crippen molar-refractivity contribution < 1.29 is 9.84 Å². The second-order valence-electron chi connectivity index (χ2n) is 4.45. The molecular formula is C11H24N2O2. The highest BCUT2D eigenvalue weighted by Gasteiger charge is 2.16. The summed E-state index contributed by atoms with van der Waals surface area (Å²) in [6.45, 7) is 6.62. The van der Waals surface area contributed by atoms with Crippen LogP contribution in [0.15, 0.2) is 0 Å². The first-order valence-corrected chi connectivity index (χ1v) is 5.87. The van der Waals surface area contributed by atoms with Gasteiger partial charge in [-0.15, -0.1) is 0 Å². The van der Waals surface area contributed by atoms with Crippen LogP contribution in [-0.2, 0) is 4.74 Å². The number of nitrogens with one attached hydrogen (secondary N) is 1. The van der Waals surface area contributed by atoms with Gasteiger partial charge in [0.05, 0.1) is 18.8 Å². The lowest BCUT2D eigenvalue weighted by Crippen LogP contribution is -2.45. The highest BCUT2D eigenvalue weighted by atomic mass is 16.5. The average Bonchev–Trinajstić information content (AvgIpc) is 2.17. The first-order valence-electron chi connectivity index (χ1n) is 5.87. The zero-order valence-corrected chi connectivity index (χ0v) is 9.91. The normalized spacial score (nSPS) is 25.4. The van der Waals surface area contributed by atoms with E-state index in [0.717, 1.165) is 45.6 Å². The Bertz CT molecular complexity index is 165. The third-order valence-corrected chi connectivity index (χ3v) is 2.69. The summed E-state index contributed by atoms with van der Waals surface area (Å²) in [4.78, 5) is 2.30. The summed E-state index contributed by atoms with van der Waals surface area (Å²) in [6.07, 6.45) is 2.05. The summed E-state index contributed by atoms with van der Waals surface area (Å²) in [6, 6.07) is 0. The molecule has 1 aliphatic heterocycles. The Morgan fingerprint density at radius 3 is 3.07 bits per heavy atom. The van der Waals surface area contributed by atoms with E-state index in [1.165, 1.54) is 0 Å². The average molecular weight is 216 g/mol. The van der Waals surface area contributed by atoms with Crippen LogP contribution < -0.4 is 5.32 Å². The number of aliphatic hydroxyl groups excluding tert-OH is 1. The monoisotopic (exact) mass is 216 g/mol. The lowest BCUT2D eigenvalue weighted by atomic mass is 10.2. The van der Waals surface area contributed by atoms with E-state index in [2.05, 4.69) is 17.3 Å². The van der Waals surface area contributed by atoms with Crippen molar-refractivity contribution in [2.24, 2.45) is 0 Å². The van der Waals surface area contributed by atoms with Gasteiger partial charge in [-0.05, 0) is 33.4 Å². The van der Waals surface area contributed by atoms with Gasteiger partial charge in [0.25, 0.3) is 0 Å². The van der Waals surface area contributed by atoms with Gasteiger partial charge in [-0.3, -0.25) is 0 Å². The van der Waals surface area contributed by atoms with Crippen LogP contribution in [0.25, 0.3) is 0 Å². The Balaban J connectivity index is 1.95. The van der Waals surface area contributed by atoms with Crippen molar-refractivity contribution in [2.45, 2.75) is 32.0 Å². The van der Waals surface area contributed by atoms with Crippen LogP contribution in [0, 0.1) is 0 Å². The molecule has 0 bridgehead atoms.